The van der Waals surface area contributed by atoms with Crippen molar-refractivity contribution in [3.63, 3.8) is 0 Å². The maximum atomic E-state index is 13.5. The predicted octanol–water partition coefficient (Wildman–Crippen LogP) is 3.71. The topological polar surface area (TPSA) is 56.1 Å². The molecule has 6 heteroatoms. The highest BCUT2D eigenvalue weighted by Gasteiger charge is 2.30. The first-order chi connectivity index (χ1) is 19.7. The monoisotopic (exact) mass is 600 g/mol. The van der Waals surface area contributed by atoms with Crippen molar-refractivity contribution < 1.29 is 30.8 Å². The van der Waals surface area contributed by atoms with Crippen LogP contribution < -0.4 is 27.2 Å². The molecule has 0 bridgehead atoms. The summed E-state index contributed by atoms with van der Waals surface area (Å²) in [5.41, 5.74) is 4.12. The molecule has 7 rings (SSSR count). The number of ketones is 1. The molecule has 0 radical (unpaired) electrons. The zero-order valence-corrected chi connectivity index (χ0v) is 23.6. The number of hydrogen-bond acceptors (Lipinski definition) is 3. The van der Waals surface area contributed by atoms with E-state index in [0.717, 1.165) is 32.8 Å². The number of carbonyl (C=O) groups excluding carboxylic acids is 1. The van der Waals surface area contributed by atoms with E-state index < -0.39 is 6.04 Å². The van der Waals surface area contributed by atoms with Crippen LogP contribution in [-0.2, 0) is 6.54 Å². The molecular weight excluding hydrogens is 576 g/mol. The summed E-state index contributed by atoms with van der Waals surface area (Å²) in [6.07, 6.45) is 1.94. The third-order valence-corrected chi connectivity index (χ3v) is 7.47. The van der Waals surface area contributed by atoms with Crippen molar-refractivity contribution in [2.45, 2.75) is 12.6 Å². The number of benzene rings is 5. The van der Waals surface area contributed by atoms with Gasteiger partial charge in [-0.25, -0.2) is 13.9 Å². The van der Waals surface area contributed by atoms with Gasteiger partial charge >= 0.3 is 5.63 Å². The Hall–Kier alpha value is -4.81. The van der Waals surface area contributed by atoms with E-state index in [2.05, 4.69) is 4.57 Å². The number of Topliss-reactive ketones (excluding diaryl/α,β-unsaturated/α-hetero) is 1. The SMILES string of the molecule is O=C(C[n+]1cn(C(c2ccccc2)c2cc3ccccc3oc2=O)c2ccccc21)c1ccc2ccccc2c1.[Br-]. The van der Waals surface area contributed by atoms with Gasteiger partial charge in [0.1, 0.15) is 5.58 Å². The van der Waals surface area contributed by atoms with Crippen LogP contribution in [0.3, 0.4) is 0 Å². The maximum absolute atomic E-state index is 13.5. The average Bonchev–Trinajstić information content (AvgIpc) is 3.35. The Labute approximate surface area is 246 Å². The lowest BCUT2D eigenvalue weighted by molar-refractivity contribution is -0.658. The lowest BCUT2D eigenvalue weighted by Gasteiger charge is -2.15. The molecule has 0 amide bonds. The van der Waals surface area contributed by atoms with Crippen molar-refractivity contribution in [1.29, 1.82) is 0 Å². The Morgan fingerprint density at radius 2 is 1.41 bits per heavy atom. The fourth-order valence-corrected chi connectivity index (χ4v) is 5.53. The molecule has 2 aromatic heterocycles. The number of hydrogen-bond donors (Lipinski definition) is 0. The van der Waals surface area contributed by atoms with Crippen LogP contribution >= 0.6 is 0 Å². The largest absolute Gasteiger partial charge is 1.00 e. The zero-order chi connectivity index (χ0) is 27.1. The van der Waals surface area contributed by atoms with Gasteiger partial charge in [0.2, 0.25) is 12.1 Å². The highest BCUT2D eigenvalue weighted by atomic mass is 79.9. The van der Waals surface area contributed by atoms with Gasteiger partial charge < -0.3 is 21.4 Å². The molecule has 5 aromatic carbocycles. The summed E-state index contributed by atoms with van der Waals surface area (Å²) in [5, 5.41) is 2.99. The predicted molar refractivity (Wildman–Crippen MR) is 157 cm³/mol. The Kier molecular flexibility index (Phi) is 7.08. The Bertz CT molecular complexity index is 2100. The van der Waals surface area contributed by atoms with E-state index in [1.807, 2.05) is 132 Å². The van der Waals surface area contributed by atoms with Gasteiger partial charge in [-0.1, -0.05) is 97.1 Å². The van der Waals surface area contributed by atoms with Crippen LogP contribution in [0, 0.1) is 0 Å². The maximum Gasteiger partial charge on any atom is 0.344 e. The van der Waals surface area contributed by atoms with Crippen LogP contribution in [0.15, 0.2) is 143 Å². The van der Waals surface area contributed by atoms with Gasteiger partial charge in [0.15, 0.2) is 23.6 Å². The first-order valence-electron chi connectivity index (χ1n) is 13.2. The molecule has 1 unspecified atom stereocenters. The Morgan fingerprint density at radius 1 is 0.732 bits per heavy atom. The quantitative estimate of drug-likeness (QED) is 0.166. The molecule has 0 saturated heterocycles. The molecule has 1 atom stereocenters. The third kappa shape index (κ3) is 4.87. The second kappa shape index (κ2) is 11.0. The Morgan fingerprint density at radius 3 is 2.24 bits per heavy atom. The summed E-state index contributed by atoms with van der Waals surface area (Å²) in [6, 6.07) is 40.7. The van der Waals surface area contributed by atoms with Crippen molar-refractivity contribution in [2.24, 2.45) is 0 Å². The van der Waals surface area contributed by atoms with Gasteiger partial charge in [0.05, 0.1) is 5.56 Å². The van der Waals surface area contributed by atoms with Crippen LogP contribution in [0.4, 0.5) is 0 Å². The van der Waals surface area contributed by atoms with E-state index >= 15 is 0 Å². The molecular formula is C35H25BrN2O3. The van der Waals surface area contributed by atoms with Crippen molar-refractivity contribution in [1.82, 2.24) is 4.57 Å². The molecule has 2 heterocycles. The first-order valence-corrected chi connectivity index (χ1v) is 13.2. The second-order valence-electron chi connectivity index (χ2n) is 9.96. The van der Waals surface area contributed by atoms with E-state index in [1.165, 1.54) is 0 Å². The summed E-state index contributed by atoms with van der Waals surface area (Å²) < 4.78 is 9.80. The minimum absolute atomic E-state index is 0. The van der Waals surface area contributed by atoms with E-state index in [1.54, 1.807) is 6.07 Å². The van der Waals surface area contributed by atoms with E-state index in [9.17, 15) is 9.59 Å². The molecule has 0 aliphatic heterocycles. The molecule has 0 aliphatic carbocycles. The molecule has 7 aromatic rings. The average molecular weight is 602 g/mol. The van der Waals surface area contributed by atoms with E-state index in [-0.39, 0.29) is 34.9 Å². The normalized spacial score (nSPS) is 11.9. The van der Waals surface area contributed by atoms with Crippen LogP contribution in [0.1, 0.15) is 27.5 Å². The fourth-order valence-electron chi connectivity index (χ4n) is 5.53. The van der Waals surface area contributed by atoms with Crippen LogP contribution in [0.25, 0.3) is 32.8 Å². The number of imidazole rings is 1. The molecule has 41 heavy (non-hydrogen) atoms. The van der Waals surface area contributed by atoms with Crippen LogP contribution in [-0.4, -0.2) is 10.4 Å². The summed E-state index contributed by atoms with van der Waals surface area (Å²) in [5.74, 6) is 0.0140. The minimum atomic E-state index is -0.455. The van der Waals surface area contributed by atoms with Gasteiger partial charge in [-0.3, -0.25) is 4.79 Å². The number of nitrogens with zero attached hydrogens (tertiary/aromatic N) is 2. The fraction of sp³-hybridized carbons (Fsp3) is 0.0571. The van der Waals surface area contributed by atoms with Crippen molar-refractivity contribution >= 4 is 38.6 Å². The zero-order valence-electron chi connectivity index (χ0n) is 22.0. The highest BCUT2D eigenvalue weighted by Crippen LogP contribution is 2.30. The molecule has 0 saturated carbocycles. The van der Waals surface area contributed by atoms with E-state index in [0.29, 0.717) is 16.7 Å². The lowest BCUT2D eigenvalue weighted by atomic mass is 9.98. The first kappa shape index (κ1) is 26.4. The molecule has 5 nitrogen and oxygen atoms in total. The van der Waals surface area contributed by atoms with Gasteiger partial charge in [-0.15, -0.1) is 0 Å². The van der Waals surface area contributed by atoms with Crippen molar-refractivity contribution in [3.05, 3.63) is 161 Å². The lowest BCUT2D eigenvalue weighted by Crippen LogP contribution is -3.00. The number of fused-ring (bicyclic) bond motifs is 3. The van der Waals surface area contributed by atoms with Gasteiger partial charge in [0.25, 0.3) is 0 Å². The third-order valence-electron chi connectivity index (χ3n) is 7.47. The summed E-state index contributed by atoms with van der Waals surface area (Å²) in [4.78, 5) is 26.9. The number of rotatable bonds is 6. The number of halogens is 1. The highest BCUT2D eigenvalue weighted by molar-refractivity contribution is 5.99. The van der Waals surface area contributed by atoms with E-state index in [4.69, 9.17) is 4.42 Å². The Balaban J connectivity index is 0.00000302. The summed E-state index contributed by atoms with van der Waals surface area (Å²) in [7, 11) is 0. The smallest absolute Gasteiger partial charge is 0.344 e. The molecule has 0 N–H and O–H groups in total. The standard InChI is InChI=1S/C35H25N2O3.BrH/c38-32(27-19-18-24-10-4-5-13-26(24)20-27)22-36-23-37(31-16-8-7-15-30(31)36)34(25-11-2-1-3-12-25)29-21-28-14-6-9-17-33(28)40-35(29)39;/h1-21,23,34H,22H2;1H/q+1;/p-1. The van der Waals surface area contributed by atoms with Gasteiger partial charge in [-0.2, -0.15) is 0 Å². The van der Waals surface area contributed by atoms with Crippen molar-refractivity contribution in [3.8, 4) is 0 Å². The molecule has 0 aliphatic rings. The van der Waals surface area contributed by atoms with Crippen LogP contribution in [0.2, 0.25) is 0 Å². The summed E-state index contributed by atoms with van der Waals surface area (Å²) >= 11 is 0. The number of carbonyl (C=O) groups is 1. The molecule has 0 spiro atoms. The molecule has 0 fully saturated rings. The molecule has 200 valence electrons. The summed E-state index contributed by atoms with van der Waals surface area (Å²) in [6.45, 7) is 0.166. The number of aromatic nitrogens is 2. The number of para-hydroxylation sites is 3. The minimum Gasteiger partial charge on any atom is -1.00 e. The van der Waals surface area contributed by atoms with Crippen LogP contribution in [0.5, 0.6) is 0 Å². The van der Waals surface area contributed by atoms with Gasteiger partial charge in [0, 0.05) is 16.5 Å². The van der Waals surface area contributed by atoms with Crippen molar-refractivity contribution in [2.75, 3.05) is 0 Å². The van der Waals surface area contributed by atoms with Gasteiger partial charge in [-0.05, 0) is 41.1 Å². The second-order valence-corrected chi connectivity index (χ2v) is 9.96.